The number of carbonyl (C=O) groups excluding carboxylic acids is 1. The molecule has 0 aliphatic carbocycles. The van der Waals surface area contributed by atoms with Crippen LogP contribution >= 0.6 is 0 Å². The molecule has 26 heavy (non-hydrogen) atoms. The van der Waals surface area contributed by atoms with Crippen LogP contribution in [0.1, 0.15) is 56.3 Å². The molecule has 4 nitrogen and oxygen atoms in total. The molecule has 0 saturated carbocycles. The van der Waals surface area contributed by atoms with E-state index in [0.29, 0.717) is 13.0 Å². The minimum atomic E-state index is -0.0565. The van der Waals surface area contributed by atoms with E-state index >= 15 is 0 Å². The van der Waals surface area contributed by atoms with Gasteiger partial charge in [0.15, 0.2) is 0 Å². The molecule has 3 rings (SSSR count). The van der Waals surface area contributed by atoms with E-state index in [4.69, 9.17) is 4.74 Å². The smallest absolute Gasteiger partial charge is 0.242 e. The summed E-state index contributed by atoms with van der Waals surface area (Å²) >= 11 is 0. The molecule has 1 amide bonds. The average Bonchev–Trinajstić information content (AvgIpc) is 3.13. The number of hydrogen-bond acceptors (Lipinski definition) is 3. The van der Waals surface area contributed by atoms with Crippen LogP contribution in [0.15, 0.2) is 53.6 Å². The van der Waals surface area contributed by atoms with Gasteiger partial charge in [0, 0.05) is 12.8 Å². The van der Waals surface area contributed by atoms with Gasteiger partial charge < -0.3 is 4.74 Å². The van der Waals surface area contributed by atoms with Gasteiger partial charge in [-0.3, -0.25) is 4.79 Å². The molecule has 0 spiro atoms. The summed E-state index contributed by atoms with van der Waals surface area (Å²) in [6, 6.07) is 16.4. The fourth-order valence-corrected chi connectivity index (χ4v) is 3.22. The Morgan fingerprint density at radius 1 is 1.08 bits per heavy atom. The Kier molecular flexibility index (Phi) is 5.71. The van der Waals surface area contributed by atoms with Crippen molar-refractivity contribution in [1.82, 2.24) is 5.01 Å². The number of nitrogens with zero attached hydrogens (tertiary/aromatic N) is 2. The van der Waals surface area contributed by atoms with E-state index in [1.165, 1.54) is 5.56 Å². The SMILES string of the molecule is CCOc1ccc(C2CC(c3ccc(CC)cc3)=NN2C(=O)CC)cc1. The first-order chi connectivity index (χ1) is 12.7. The number of hydrazone groups is 1. The molecule has 1 aliphatic heterocycles. The monoisotopic (exact) mass is 350 g/mol. The first kappa shape index (κ1) is 18.2. The summed E-state index contributed by atoms with van der Waals surface area (Å²) in [7, 11) is 0. The van der Waals surface area contributed by atoms with Gasteiger partial charge >= 0.3 is 0 Å². The molecule has 2 aromatic carbocycles. The molecular formula is C22H26N2O2. The van der Waals surface area contributed by atoms with Crippen molar-refractivity contribution < 1.29 is 9.53 Å². The van der Waals surface area contributed by atoms with Gasteiger partial charge in [-0.25, -0.2) is 5.01 Å². The lowest BCUT2D eigenvalue weighted by Gasteiger charge is -2.21. The van der Waals surface area contributed by atoms with Crippen molar-refractivity contribution in [3.63, 3.8) is 0 Å². The number of ether oxygens (including phenoxy) is 1. The Hall–Kier alpha value is -2.62. The van der Waals surface area contributed by atoms with Gasteiger partial charge in [-0.2, -0.15) is 5.10 Å². The molecular weight excluding hydrogens is 324 g/mol. The van der Waals surface area contributed by atoms with Gasteiger partial charge in [0.25, 0.3) is 0 Å². The molecule has 1 atom stereocenters. The number of aryl methyl sites for hydroxylation is 1. The van der Waals surface area contributed by atoms with Crippen molar-refractivity contribution in [3.8, 4) is 5.75 Å². The lowest BCUT2D eigenvalue weighted by molar-refractivity contribution is -0.132. The molecule has 1 aliphatic rings. The van der Waals surface area contributed by atoms with E-state index < -0.39 is 0 Å². The van der Waals surface area contributed by atoms with Crippen molar-refractivity contribution in [2.75, 3.05) is 6.61 Å². The number of rotatable bonds is 6. The van der Waals surface area contributed by atoms with Crippen LogP contribution < -0.4 is 4.74 Å². The van der Waals surface area contributed by atoms with E-state index in [1.807, 2.05) is 38.1 Å². The average molecular weight is 350 g/mol. The standard InChI is InChI=1S/C22H26N2O2/c1-4-16-7-9-17(10-8-16)20-15-21(24(23-20)22(25)5-2)18-11-13-19(14-12-18)26-6-3/h7-14,21H,4-6,15H2,1-3H3. The van der Waals surface area contributed by atoms with Gasteiger partial charge in [0.05, 0.1) is 18.4 Å². The molecule has 0 N–H and O–H groups in total. The molecule has 1 heterocycles. The highest BCUT2D eigenvalue weighted by molar-refractivity contribution is 6.03. The van der Waals surface area contributed by atoms with E-state index in [0.717, 1.165) is 35.4 Å². The van der Waals surface area contributed by atoms with Crippen molar-refractivity contribution in [1.29, 1.82) is 0 Å². The third-order valence-corrected chi connectivity index (χ3v) is 4.74. The summed E-state index contributed by atoms with van der Waals surface area (Å²) in [5.41, 5.74) is 4.44. The molecule has 0 fully saturated rings. The van der Waals surface area contributed by atoms with E-state index in [2.05, 4.69) is 36.3 Å². The number of carbonyl (C=O) groups is 1. The topological polar surface area (TPSA) is 41.9 Å². The summed E-state index contributed by atoms with van der Waals surface area (Å²) < 4.78 is 5.52. The third-order valence-electron chi connectivity index (χ3n) is 4.74. The van der Waals surface area contributed by atoms with Crippen LogP contribution in [0.25, 0.3) is 0 Å². The van der Waals surface area contributed by atoms with E-state index in [9.17, 15) is 4.79 Å². The van der Waals surface area contributed by atoms with Crippen LogP contribution in [0.3, 0.4) is 0 Å². The van der Waals surface area contributed by atoms with Gasteiger partial charge in [-0.15, -0.1) is 0 Å². The fourth-order valence-electron chi connectivity index (χ4n) is 3.22. The largest absolute Gasteiger partial charge is 0.494 e. The van der Waals surface area contributed by atoms with Crippen LogP contribution in [0.4, 0.5) is 0 Å². The van der Waals surface area contributed by atoms with E-state index in [1.54, 1.807) is 5.01 Å². The molecule has 4 heteroatoms. The first-order valence-electron chi connectivity index (χ1n) is 9.37. The zero-order valence-electron chi connectivity index (χ0n) is 15.7. The lowest BCUT2D eigenvalue weighted by Crippen LogP contribution is -2.26. The highest BCUT2D eigenvalue weighted by atomic mass is 16.5. The maximum absolute atomic E-state index is 12.4. The molecule has 1 unspecified atom stereocenters. The van der Waals surface area contributed by atoms with Gasteiger partial charge in [0.2, 0.25) is 5.91 Å². The Bertz CT molecular complexity index is 779. The van der Waals surface area contributed by atoms with Crippen molar-refractivity contribution in [3.05, 3.63) is 65.2 Å². The molecule has 0 aromatic heterocycles. The van der Waals surface area contributed by atoms with Crippen LogP contribution in [0.5, 0.6) is 5.75 Å². The Labute approximate surface area is 155 Å². The summed E-state index contributed by atoms with van der Waals surface area (Å²) in [4.78, 5) is 12.4. The summed E-state index contributed by atoms with van der Waals surface area (Å²) in [5, 5.41) is 6.32. The van der Waals surface area contributed by atoms with Crippen molar-refractivity contribution >= 4 is 11.6 Å². The maximum atomic E-state index is 12.4. The number of hydrogen-bond donors (Lipinski definition) is 0. The first-order valence-corrected chi connectivity index (χ1v) is 9.37. The van der Waals surface area contributed by atoms with Crippen LogP contribution in [-0.2, 0) is 11.2 Å². The summed E-state index contributed by atoms with van der Waals surface area (Å²) in [6.45, 7) is 6.63. The lowest BCUT2D eigenvalue weighted by atomic mass is 9.97. The number of amides is 1. The van der Waals surface area contributed by atoms with Crippen LogP contribution in [-0.4, -0.2) is 23.2 Å². The second kappa shape index (κ2) is 8.17. The quantitative estimate of drug-likeness (QED) is 0.755. The predicted molar refractivity (Wildman–Crippen MR) is 104 cm³/mol. The van der Waals surface area contributed by atoms with Crippen LogP contribution in [0, 0.1) is 0 Å². The second-order valence-corrected chi connectivity index (χ2v) is 6.41. The van der Waals surface area contributed by atoms with Gasteiger partial charge in [-0.1, -0.05) is 50.2 Å². The number of benzene rings is 2. The van der Waals surface area contributed by atoms with Crippen molar-refractivity contribution in [2.45, 2.75) is 46.1 Å². The van der Waals surface area contributed by atoms with Crippen molar-refractivity contribution in [2.24, 2.45) is 5.10 Å². The highest BCUT2D eigenvalue weighted by Gasteiger charge is 2.32. The fraction of sp³-hybridized carbons (Fsp3) is 0.364. The minimum absolute atomic E-state index is 0.0454. The molecule has 136 valence electrons. The normalized spacial score (nSPS) is 16.5. The second-order valence-electron chi connectivity index (χ2n) is 6.41. The van der Waals surface area contributed by atoms with E-state index in [-0.39, 0.29) is 11.9 Å². The summed E-state index contributed by atoms with van der Waals surface area (Å²) in [5.74, 6) is 0.892. The Morgan fingerprint density at radius 3 is 2.35 bits per heavy atom. The van der Waals surface area contributed by atoms with Crippen LogP contribution in [0.2, 0.25) is 0 Å². The summed E-state index contributed by atoms with van der Waals surface area (Å²) in [6.07, 6.45) is 2.19. The molecule has 0 bridgehead atoms. The molecule has 0 saturated heterocycles. The Morgan fingerprint density at radius 2 is 1.77 bits per heavy atom. The zero-order chi connectivity index (χ0) is 18.5. The third kappa shape index (κ3) is 3.79. The minimum Gasteiger partial charge on any atom is -0.494 e. The Balaban J connectivity index is 1.87. The maximum Gasteiger partial charge on any atom is 0.242 e. The zero-order valence-corrected chi connectivity index (χ0v) is 15.7. The van der Waals surface area contributed by atoms with Gasteiger partial charge in [-0.05, 0) is 42.2 Å². The highest BCUT2D eigenvalue weighted by Crippen LogP contribution is 2.34. The predicted octanol–water partition coefficient (Wildman–Crippen LogP) is 4.74. The molecule has 0 radical (unpaired) electrons. The van der Waals surface area contributed by atoms with Gasteiger partial charge in [0.1, 0.15) is 5.75 Å². The molecule has 2 aromatic rings.